The predicted molar refractivity (Wildman–Crippen MR) is 104 cm³/mol. The SMILES string of the molecule is COCCCNC(=S)N(C)NC(=O)CCCN1C(=O)NC2(CCCC2)C1=O. The Morgan fingerprint density at radius 1 is 1.33 bits per heavy atom. The molecule has 2 rings (SSSR count). The fraction of sp³-hybridized carbons (Fsp3) is 0.765. The van der Waals surface area contributed by atoms with Gasteiger partial charge in [0.1, 0.15) is 5.54 Å². The van der Waals surface area contributed by atoms with E-state index in [-0.39, 0.29) is 30.8 Å². The van der Waals surface area contributed by atoms with Crippen LogP contribution < -0.4 is 16.1 Å². The van der Waals surface area contributed by atoms with E-state index >= 15 is 0 Å². The number of urea groups is 1. The summed E-state index contributed by atoms with van der Waals surface area (Å²) in [5, 5.41) is 7.72. The highest BCUT2D eigenvalue weighted by molar-refractivity contribution is 7.80. The van der Waals surface area contributed by atoms with Crippen LogP contribution >= 0.6 is 12.2 Å². The fourth-order valence-electron chi connectivity index (χ4n) is 3.42. The largest absolute Gasteiger partial charge is 0.385 e. The molecule has 1 spiro atoms. The number of nitrogens with one attached hydrogen (secondary N) is 3. The third kappa shape index (κ3) is 5.52. The molecular formula is C17H29N5O4S. The van der Waals surface area contributed by atoms with E-state index in [1.54, 1.807) is 14.2 Å². The van der Waals surface area contributed by atoms with E-state index in [9.17, 15) is 14.4 Å². The summed E-state index contributed by atoms with van der Waals surface area (Å²) in [6.45, 7) is 1.53. The molecule has 3 N–H and O–H groups in total. The molecule has 0 unspecified atom stereocenters. The second-order valence-electron chi connectivity index (χ2n) is 6.95. The van der Waals surface area contributed by atoms with Crippen LogP contribution in [0.15, 0.2) is 0 Å². The topological polar surface area (TPSA) is 103 Å². The molecule has 0 aromatic carbocycles. The smallest absolute Gasteiger partial charge is 0.325 e. The van der Waals surface area contributed by atoms with E-state index < -0.39 is 5.54 Å². The van der Waals surface area contributed by atoms with Crippen molar-refractivity contribution >= 4 is 35.2 Å². The number of hydrazine groups is 1. The first-order chi connectivity index (χ1) is 12.9. The van der Waals surface area contributed by atoms with Crippen molar-refractivity contribution in [2.45, 2.75) is 50.5 Å². The molecular weight excluding hydrogens is 370 g/mol. The average molecular weight is 400 g/mol. The first-order valence-electron chi connectivity index (χ1n) is 9.34. The number of hydrogen-bond donors (Lipinski definition) is 3. The van der Waals surface area contributed by atoms with Crippen LogP contribution in [0.1, 0.15) is 44.9 Å². The van der Waals surface area contributed by atoms with Crippen LogP contribution in [0.25, 0.3) is 0 Å². The number of thiocarbonyl (C=S) groups is 1. The van der Waals surface area contributed by atoms with Crippen molar-refractivity contribution in [3.8, 4) is 0 Å². The molecule has 2 fully saturated rings. The van der Waals surface area contributed by atoms with Gasteiger partial charge in [-0.05, 0) is 37.9 Å². The molecule has 0 atom stereocenters. The van der Waals surface area contributed by atoms with Crippen molar-refractivity contribution in [3.63, 3.8) is 0 Å². The van der Waals surface area contributed by atoms with Gasteiger partial charge in [0.05, 0.1) is 0 Å². The summed E-state index contributed by atoms with van der Waals surface area (Å²) in [6, 6.07) is -0.346. The minimum absolute atomic E-state index is 0.149. The van der Waals surface area contributed by atoms with Gasteiger partial charge in [-0.2, -0.15) is 0 Å². The van der Waals surface area contributed by atoms with Crippen molar-refractivity contribution in [1.29, 1.82) is 0 Å². The van der Waals surface area contributed by atoms with Crippen LogP contribution in [0.4, 0.5) is 4.79 Å². The lowest BCUT2D eigenvalue weighted by Gasteiger charge is -2.22. The number of rotatable bonds is 8. The van der Waals surface area contributed by atoms with Crippen LogP contribution in [0.3, 0.4) is 0 Å². The maximum Gasteiger partial charge on any atom is 0.325 e. The molecule has 1 aliphatic heterocycles. The Bertz CT molecular complexity index is 580. The number of methoxy groups -OCH3 is 1. The van der Waals surface area contributed by atoms with Gasteiger partial charge >= 0.3 is 6.03 Å². The van der Waals surface area contributed by atoms with E-state index in [1.807, 2.05) is 0 Å². The predicted octanol–water partition coefficient (Wildman–Crippen LogP) is 0.505. The number of hydrogen-bond acceptors (Lipinski definition) is 5. The minimum atomic E-state index is -0.694. The molecule has 9 nitrogen and oxygen atoms in total. The monoisotopic (exact) mass is 399 g/mol. The lowest BCUT2D eigenvalue weighted by Crippen LogP contribution is -2.48. The Kier molecular flexibility index (Phi) is 7.78. The zero-order chi connectivity index (χ0) is 19.9. The molecule has 27 heavy (non-hydrogen) atoms. The first-order valence-corrected chi connectivity index (χ1v) is 9.74. The maximum atomic E-state index is 12.5. The van der Waals surface area contributed by atoms with E-state index in [1.165, 1.54) is 9.91 Å². The van der Waals surface area contributed by atoms with Gasteiger partial charge in [-0.15, -0.1) is 0 Å². The second-order valence-corrected chi connectivity index (χ2v) is 7.34. The van der Waals surface area contributed by atoms with Gasteiger partial charge in [0.15, 0.2) is 5.11 Å². The zero-order valence-electron chi connectivity index (χ0n) is 16.0. The lowest BCUT2D eigenvalue weighted by atomic mass is 9.98. The van der Waals surface area contributed by atoms with Crippen molar-refractivity contribution in [3.05, 3.63) is 0 Å². The molecule has 2 aliphatic rings. The Balaban J connectivity index is 1.67. The highest BCUT2D eigenvalue weighted by atomic mass is 32.1. The molecule has 0 aromatic rings. The number of amides is 4. The maximum absolute atomic E-state index is 12.5. The molecule has 0 bridgehead atoms. The average Bonchev–Trinajstić information content (AvgIpc) is 3.19. The number of carbonyl (C=O) groups is 3. The van der Waals surface area contributed by atoms with Crippen molar-refractivity contribution in [1.82, 2.24) is 26.0 Å². The number of ether oxygens (including phenoxy) is 1. The van der Waals surface area contributed by atoms with E-state index in [0.717, 1.165) is 19.3 Å². The summed E-state index contributed by atoms with van der Waals surface area (Å²) < 4.78 is 4.96. The van der Waals surface area contributed by atoms with Crippen LogP contribution in [-0.2, 0) is 14.3 Å². The molecule has 1 heterocycles. The van der Waals surface area contributed by atoms with Crippen molar-refractivity contribution in [2.75, 3.05) is 33.9 Å². The Morgan fingerprint density at radius 3 is 2.70 bits per heavy atom. The normalized spacial score (nSPS) is 17.9. The summed E-state index contributed by atoms with van der Waals surface area (Å²) in [5.74, 6) is -0.370. The highest BCUT2D eigenvalue weighted by Gasteiger charge is 2.51. The molecule has 0 radical (unpaired) electrons. The quantitative estimate of drug-likeness (QED) is 0.236. The number of nitrogens with zero attached hydrogens (tertiary/aromatic N) is 2. The number of imide groups is 1. The van der Waals surface area contributed by atoms with Crippen LogP contribution in [0.2, 0.25) is 0 Å². The van der Waals surface area contributed by atoms with Crippen molar-refractivity contribution in [2.24, 2.45) is 0 Å². The van der Waals surface area contributed by atoms with Gasteiger partial charge in [0.25, 0.3) is 5.91 Å². The summed E-state index contributed by atoms with van der Waals surface area (Å²) >= 11 is 5.19. The second kappa shape index (κ2) is 9.84. The van der Waals surface area contributed by atoms with Crippen molar-refractivity contribution < 1.29 is 19.1 Å². The Morgan fingerprint density at radius 2 is 2.04 bits per heavy atom. The highest BCUT2D eigenvalue weighted by Crippen LogP contribution is 2.35. The standard InChI is InChI=1S/C17H29N5O4S/c1-21(16(27)18-10-6-12-26-2)20-13(23)7-5-11-22-14(24)17(19-15(22)25)8-3-4-9-17/h3-12H2,1-2H3,(H,18,27)(H,19,25)(H,20,23). The summed E-state index contributed by atoms with van der Waals surface area (Å²) in [7, 11) is 3.29. The lowest BCUT2D eigenvalue weighted by molar-refractivity contribution is -0.131. The molecule has 10 heteroatoms. The van der Waals surface area contributed by atoms with Gasteiger partial charge in [0, 0.05) is 40.3 Å². The summed E-state index contributed by atoms with van der Waals surface area (Å²) in [5.41, 5.74) is 1.98. The van der Waals surface area contributed by atoms with Crippen LogP contribution in [-0.4, -0.2) is 72.3 Å². The molecule has 1 saturated heterocycles. The molecule has 4 amide bonds. The van der Waals surface area contributed by atoms with Gasteiger partial charge in [-0.25, -0.2) is 4.79 Å². The van der Waals surface area contributed by atoms with Gasteiger partial charge in [-0.3, -0.25) is 24.9 Å². The van der Waals surface area contributed by atoms with Gasteiger partial charge in [-0.1, -0.05) is 12.8 Å². The molecule has 1 saturated carbocycles. The summed E-state index contributed by atoms with van der Waals surface area (Å²) in [4.78, 5) is 37.9. The van der Waals surface area contributed by atoms with Gasteiger partial charge in [0.2, 0.25) is 5.91 Å². The molecule has 1 aliphatic carbocycles. The summed E-state index contributed by atoms with van der Waals surface area (Å²) in [6.07, 6.45) is 4.72. The third-order valence-electron chi connectivity index (χ3n) is 4.89. The van der Waals surface area contributed by atoms with E-state index in [2.05, 4.69) is 16.1 Å². The Labute approximate surface area is 165 Å². The Hall–Kier alpha value is -1.94. The van der Waals surface area contributed by atoms with Crippen LogP contribution in [0.5, 0.6) is 0 Å². The van der Waals surface area contributed by atoms with E-state index in [4.69, 9.17) is 17.0 Å². The first kappa shape index (κ1) is 21.4. The minimum Gasteiger partial charge on any atom is -0.385 e. The third-order valence-corrected chi connectivity index (χ3v) is 5.31. The van der Waals surface area contributed by atoms with Gasteiger partial charge < -0.3 is 15.4 Å². The molecule has 152 valence electrons. The zero-order valence-corrected chi connectivity index (χ0v) is 16.8. The number of carbonyl (C=O) groups excluding carboxylic acids is 3. The molecule has 0 aromatic heterocycles. The van der Waals surface area contributed by atoms with E-state index in [0.29, 0.717) is 37.5 Å². The fourth-order valence-corrected chi connectivity index (χ4v) is 3.57. The van der Waals surface area contributed by atoms with Crippen LogP contribution in [0, 0.1) is 0 Å².